The summed E-state index contributed by atoms with van der Waals surface area (Å²) in [5.74, 6) is 0. The van der Waals surface area contributed by atoms with Gasteiger partial charge in [0.1, 0.15) is 0 Å². The number of nitrogen functional groups attached to an aromatic ring is 1. The molecule has 2 N–H and O–H groups in total. The monoisotopic (exact) mass is 271 g/mol. The molecule has 0 unspecified atom stereocenters. The molecule has 1 aromatic rings. The van der Waals surface area contributed by atoms with Gasteiger partial charge < -0.3 is 5.73 Å². The maximum absolute atomic E-state index is 11.9. The van der Waals surface area contributed by atoms with Gasteiger partial charge in [-0.2, -0.15) is 13.2 Å². The Hall–Kier alpha value is -0.360. The average Bonchev–Trinajstić information content (AvgIpc) is 1.93. The van der Waals surface area contributed by atoms with Crippen molar-refractivity contribution in [2.75, 3.05) is 5.73 Å². The molecule has 1 nitrogen and oxygen atoms in total. The zero-order valence-electron chi connectivity index (χ0n) is 6.23. The molecule has 0 bridgehead atoms. The van der Waals surface area contributed by atoms with E-state index >= 15 is 0 Å². The molecule has 1 aromatic carbocycles. The van der Waals surface area contributed by atoms with Crippen LogP contribution >= 0.6 is 27.7 Å². The molecule has 0 heterocycles. The van der Waals surface area contributed by atoms with E-state index in [2.05, 4.69) is 15.9 Å². The molecule has 13 heavy (non-hydrogen) atoms. The molecule has 6 heteroatoms. The molecule has 0 aliphatic carbocycles. The fourth-order valence-electron chi connectivity index (χ4n) is 0.725. The standard InChI is InChI=1S/C7H5BrF3NS/c8-5-3-4(12)1-2-6(5)13-7(9,10)11/h1-3H,12H2. The molecule has 0 amide bonds. The highest BCUT2D eigenvalue weighted by atomic mass is 79.9. The largest absolute Gasteiger partial charge is 0.446 e. The molecular weight excluding hydrogens is 267 g/mol. The molecule has 0 fully saturated rings. The quantitative estimate of drug-likeness (QED) is 0.624. The molecule has 0 aromatic heterocycles. The van der Waals surface area contributed by atoms with Crippen molar-refractivity contribution in [3.63, 3.8) is 0 Å². The average molecular weight is 272 g/mol. The summed E-state index contributed by atoms with van der Waals surface area (Å²) in [6.07, 6.45) is 0. The first-order chi connectivity index (χ1) is 5.88. The van der Waals surface area contributed by atoms with E-state index in [0.717, 1.165) is 0 Å². The summed E-state index contributed by atoms with van der Waals surface area (Å²) in [4.78, 5) is 0.113. The number of alkyl halides is 3. The second kappa shape index (κ2) is 3.79. The third kappa shape index (κ3) is 3.48. The molecule has 0 atom stereocenters. The minimum absolute atomic E-state index is 0.113. The van der Waals surface area contributed by atoms with Gasteiger partial charge >= 0.3 is 5.51 Å². The summed E-state index contributed by atoms with van der Waals surface area (Å²) in [7, 11) is 0. The number of benzene rings is 1. The topological polar surface area (TPSA) is 26.0 Å². The second-order valence-corrected chi connectivity index (χ2v) is 4.20. The highest BCUT2D eigenvalue weighted by molar-refractivity contribution is 9.10. The lowest BCUT2D eigenvalue weighted by Crippen LogP contribution is -1.99. The summed E-state index contributed by atoms with van der Waals surface area (Å²) in [5.41, 5.74) is 1.53. The molecule has 1 rings (SSSR count). The molecule has 0 aliphatic rings. The number of rotatable bonds is 1. The van der Waals surface area contributed by atoms with E-state index in [9.17, 15) is 13.2 Å². The smallest absolute Gasteiger partial charge is 0.399 e. The predicted molar refractivity (Wildman–Crippen MR) is 50.5 cm³/mol. The van der Waals surface area contributed by atoms with E-state index in [4.69, 9.17) is 5.73 Å². The van der Waals surface area contributed by atoms with Crippen molar-refractivity contribution in [3.05, 3.63) is 22.7 Å². The molecule has 72 valence electrons. The third-order valence-electron chi connectivity index (χ3n) is 1.18. The van der Waals surface area contributed by atoms with Gasteiger partial charge in [0, 0.05) is 15.1 Å². The van der Waals surface area contributed by atoms with Crippen molar-refractivity contribution < 1.29 is 13.2 Å². The van der Waals surface area contributed by atoms with Crippen LogP contribution in [0.25, 0.3) is 0 Å². The second-order valence-electron chi connectivity index (χ2n) is 2.24. The van der Waals surface area contributed by atoms with Gasteiger partial charge in [0.2, 0.25) is 0 Å². The normalized spacial score (nSPS) is 11.7. The fraction of sp³-hybridized carbons (Fsp3) is 0.143. The maximum Gasteiger partial charge on any atom is 0.446 e. The van der Waals surface area contributed by atoms with E-state index < -0.39 is 5.51 Å². The SMILES string of the molecule is Nc1ccc(SC(F)(F)F)c(Br)c1. The van der Waals surface area contributed by atoms with Crippen LogP contribution in [0.15, 0.2) is 27.6 Å². The lowest BCUT2D eigenvalue weighted by atomic mass is 10.3. The minimum atomic E-state index is -4.27. The minimum Gasteiger partial charge on any atom is -0.399 e. The van der Waals surface area contributed by atoms with Crippen LogP contribution in [-0.2, 0) is 0 Å². The zero-order chi connectivity index (χ0) is 10.1. The van der Waals surface area contributed by atoms with Crippen molar-refractivity contribution in [1.82, 2.24) is 0 Å². The lowest BCUT2D eigenvalue weighted by molar-refractivity contribution is -0.0328. The van der Waals surface area contributed by atoms with E-state index in [1.165, 1.54) is 18.2 Å². The van der Waals surface area contributed by atoms with Crippen LogP contribution in [0.5, 0.6) is 0 Å². The van der Waals surface area contributed by atoms with Gasteiger partial charge in [-0.05, 0) is 45.9 Å². The van der Waals surface area contributed by atoms with Crippen LogP contribution in [0.4, 0.5) is 18.9 Å². The Morgan fingerprint density at radius 2 is 1.92 bits per heavy atom. The summed E-state index contributed by atoms with van der Waals surface area (Å²) in [6, 6.07) is 4.20. The molecular formula is C7H5BrF3NS. The van der Waals surface area contributed by atoms with E-state index in [1.807, 2.05) is 0 Å². The van der Waals surface area contributed by atoms with E-state index in [-0.39, 0.29) is 16.7 Å². The van der Waals surface area contributed by atoms with Gasteiger partial charge in [0.05, 0.1) is 0 Å². The molecule has 0 saturated carbocycles. The third-order valence-corrected chi connectivity index (χ3v) is 2.91. The number of thioether (sulfide) groups is 1. The van der Waals surface area contributed by atoms with E-state index in [1.54, 1.807) is 0 Å². The number of hydrogen-bond acceptors (Lipinski definition) is 2. The van der Waals surface area contributed by atoms with Crippen LogP contribution in [0.1, 0.15) is 0 Å². The number of halogens is 4. The molecule has 0 aliphatic heterocycles. The molecule has 0 radical (unpaired) electrons. The van der Waals surface area contributed by atoms with Crippen molar-refractivity contribution >= 4 is 33.4 Å². The van der Waals surface area contributed by atoms with Crippen LogP contribution in [0, 0.1) is 0 Å². The van der Waals surface area contributed by atoms with Gasteiger partial charge in [-0.25, -0.2) is 0 Å². The van der Waals surface area contributed by atoms with Gasteiger partial charge in [0.25, 0.3) is 0 Å². The summed E-state index contributed by atoms with van der Waals surface area (Å²) >= 11 is 2.83. The lowest BCUT2D eigenvalue weighted by Gasteiger charge is -2.07. The van der Waals surface area contributed by atoms with Gasteiger partial charge in [-0.1, -0.05) is 0 Å². The van der Waals surface area contributed by atoms with Gasteiger partial charge in [-0.15, -0.1) is 0 Å². The number of nitrogens with two attached hydrogens (primary N) is 1. The molecule has 0 saturated heterocycles. The van der Waals surface area contributed by atoms with E-state index in [0.29, 0.717) is 10.2 Å². The number of anilines is 1. The highest BCUT2D eigenvalue weighted by Crippen LogP contribution is 2.40. The van der Waals surface area contributed by atoms with Gasteiger partial charge in [-0.3, -0.25) is 0 Å². The van der Waals surface area contributed by atoms with Crippen LogP contribution in [-0.4, -0.2) is 5.51 Å². The summed E-state index contributed by atoms with van der Waals surface area (Å²) < 4.78 is 36.2. The van der Waals surface area contributed by atoms with Crippen LogP contribution in [0.3, 0.4) is 0 Å². The van der Waals surface area contributed by atoms with Crippen LogP contribution < -0.4 is 5.73 Å². The highest BCUT2D eigenvalue weighted by Gasteiger charge is 2.30. The van der Waals surface area contributed by atoms with Crippen molar-refractivity contribution in [1.29, 1.82) is 0 Å². The Morgan fingerprint density at radius 1 is 1.31 bits per heavy atom. The van der Waals surface area contributed by atoms with Crippen molar-refractivity contribution in [2.24, 2.45) is 0 Å². The van der Waals surface area contributed by atoms with Crippen molar-refractivity contribution in [2.45, 2.75) is 10.4 Å². The Balaban J connectivity index is 2.90. The Bertz CT molecular complexity index is 313. The number of hydrogen-bond donors (Lipinski definition) is 1. The first kappa shape index (κ1) is 10.7. The summed E-state index contributed by atoms with van der Waals surface area (Å²) in [6.45, 7) is 0. The van der Waals surface area contributed by atoms with Crippen LogP contribution in [0.2, 0.25) is 0 Å². The maximum atomic E-state index is 11.9. The predicted octanol–water partition coefficient (Wildman–Crippen LogP) is 3.64. The first-order valence-electron chi connectivity index (χ1n) is 3.19. The first-order valence-corrected chi connectivity index (χ1v) is 4.80. The zero-order valence-corrected chi connectivity index (χ0v) is 8.63. The Morgan fingerprint density at radius 3 is 2.38 bits per heavy atom. The Kier molecular flexibility index (Phi) is 3.13. The van der Waals surface area contributed by atoms with Gasteiger partial charge in [0.15, 0.2) is 0 Å². The summed E-state index contributed by atoms with van der Waals surface area (Å²) in [5, 5.41) is 0. The fourth-order valence-corrected chi connectivity index (χ4v) is 1.91. The Labute approximate surface area is 85.6 Å². The van der Waals surface area contributed by atoms with Crippen molar-refractivity contribution in [3.8, 4) is 0 Å². The molecule has 0 spiro atoms.